The van der Waals surface area contributed by atoms with Gasteiger partial charge in [0.15, 0.2) is 0 Å². The van der Waals surface area contributed by atoms with Crippen molar-refractivity contribution in [2.24, 2.45) is 0 Å². The largest absolute Gasteiger partial charge is 0.336 e. The van der Waals surface area contributed by atoms with Crippen LogP contribution in [0.4, 0.5) is 4.79 Å². The van der Waals surface area contributed by atoms with Crippen molar-refractivity contribution in [1.82, 2.24) is 15.5 Å². The Labute approximate surface area is 165 Å². The molecule has 1 aromatic rings. The lowest BCUT2D eigenvalue weighted by atomic mass is 9.90. The molecule has 2 aliphatic rings. The Kier molecular flexibility index (Phi) is 5.16. The van der Waals surface area contributed by atoms with Crippen LogP contribution in [0.25, 0.3) is 0 Å². The molecule has 7 heteroatoms. The van der Waals surface area contributed by atoms with E-state index < -0.39 is 35.5 Å². The minimum atomic E-state index is -1.22. The molecule has 1 saturated carbocycles. The van der Waals surface area contributed by atoms with Crippen molar-refractivity contribution in [3.63, 3.8) is 0 Å². The van der Waals surface area contributed by atoms with Gasteiger partial charge in [-0.15, -0.1) is 0 Å². The van der Waals surface area contributed by atoms with E-state index >= 15 is 0 Å². The van der Waals surface area contributed by atoms with Crippen LogP contribution in [0, 0.1) is 11.3 Å². The van der Waals surface area contributed by atoms with E-state index in [2.05, 4.69) is 30.6 Å². The normalized spacial score (nSPS) is 23.6. The second kappa shape index (κ2) is 7.27. The summed E-state index contributed by atoms with van der Waals surface area (Å²) in [7, 11) is 0. The minimum Gasteiger partial charge on any atom is -0.336 e. The molecule has 1 aliphatic heterocycles. The van der Waals surface area contributed by atoms with Crippen LogP contribution < -0.4 is 10.6 Å². The SMILES string of the molecule is CC(C)c1ccc([C@]2(C)NC(=O)N(CC(=O)NC3(C#N)CCCC3)C2=O)cc1. The van der Waals surface area contributed by atoms with E-state index in [4.69, 9.17) is 0 Å². The molecule has 1 aliphatic carbocycles. The molecular formula is C21H26N4O3. The van der Waals surface area contributed by atoms with Crippen molar-refractivity contribution in [2.45, 2.75) is 63.5 Å². The van der Waals surface area contributed by atoms with E-state index in [9.17, 15) is 19.6 Å². The van der Waals surface area contributed by atoms with Crippen molar-refractivity contribution < 1.29 is 14.4 Å². The smallest absolute Gasteiger partial charge is 0.325 e. The molecule has 1 aromatic carbocycles. The topological polar surface area (TPSA) is 102 Å². The zero-order valence-electron chi connectivity index (χ0n) is 16.5. The molecule has 3 rings (SSSR count). The summed E-state index contributed by atoms with van der Waals surface area (Å²) in [4.78, 5) is 38.8. The fraction of sp³-hybridized carbons (Fsp3) is 0.524. The van der Waals surface area contributed by atoms with Gasteiger partial charge in [0.2, 0.25) is 5.91 Å². The van der Waals surface area contributed by atoms with Crippen LogP contribution >= 0.6 is 0 Å². The van der Waals surface area contributed by atoms with E-state index in [-0.39, 0.29) is 0 Å². The summed E-state index contributed by atoms with van der Waals surface area (Å²) >= 11 is 0. The van der Waals surface area contributed by atoms with Crippen molar-refractivity contribution in [1.29, 1.82) is 5.26 Å². The van der Waals surface area contributed by atoms with Gasteiger partial charge in [-0.1, -0.05) is 38.1 Å². The summed E-state index contributed by atoms with van der Waals surface area (Å²) in [6.07, 6.45) is 2.94. The maximum absolute atomic E-state index is 13.0. The van der Waals surface area contributed by atoms with E-state index in [1.54, 1.807) is 6.92 Å². The minimum absolute atomic E-state index is 0.360. The van der Waals surface area contributed by atoms with Crippen LogP contribution in [0.3, 0.4) is 0 Å². The van der Waals surface area contributed by atoms with Gasteiger partial charge in [-0.05, 0) is 49.7 Å². The number of nitrogens with zero attached hydrogens (tertiary/aromatic N) is 2. The molecule has 7 nitrogen and oxygen atoms in total. The van der Waals surface area contributed by atoms with Gasteiger partial charge in [0.1, 0.15) is 17.6 Å². The lowest BCUT2D eigenvalue weighted by Gasteiger charge is -2.24. The van der Waals surface area contributed by atoms with Gasteiger partial charge < -0.3 is 10.6 Å². The standard InChI is InChI=1S/C21H26N4O3/c1-14(2)15-6-8-16(9-7-15)20(3)18(27)25(19(28)24-20)12-17(26)23-21(13-22)10-4-5-11-21/h6-9,14H,4-5,10-12H2,1-3H3,(H,23,26)(H,24,28)/t20-/m0/s1. The number of carbonyl (C=O) groups is 3. The highest BCUT2D eigenvalue weighted by molar-refractivity contribution is 6.09. The number of benzene rings is 1. The van der Waals surface area contributed by atoms with Gasteiger partial charge in [0, 0.05) is 0 Å². The first kappa shape index (κ1) is 19.9. The summed E-state index contributed by atoms with van der Waals surface area (Å²) in [5.41, 5.74) is -0.291. The number of imide groups is 1. The Hall–Kier alpha value is -2.88. The molecule has 28 heavy (non-hydrogen) atoms. The quantitative estimate of drug-likeness (QED) is 0.764. The summed E-state index contributed by atoms with van der Waals surface area (Å²) < 4.78 is 0. The van der Waals surface area contributed by atoms with Crippen LogP contribution in [0.2, 0.25) is 0 Å². The van der Waals surface area contributed by atoms with Gasteiger partial charge in [0.05, 0.1) is 6.07 Å². The second-order valence-corrected chi connectivity index (χ2v) is 8.17. The molecule has 1 saturated heterocycles. The number of rotatable bonds is 5. The number of amides is 4. The third kappa shape index (κ3) is 3.47. The van der Waals surface area contributed by atoms with E-state index in [0.29, 0.717) is 24.3 Å². The average molecular weight is 382 g/mol. The maximum atomic E-state index is 13.0. The Morgan fingerprint density at radius 1 is 1.25 bits per heavy atom. The summed E-state index contributed by atoms with van der Waals surface area (Å²) in [6.45, 7) is 5.41. The predicted octanol–water partition coefficient (Wildman–Crippen LogP) is 2.53. The van der Waals surface area contributed by atoms with Crippen molar-refractivity contribution >= 4 is 17.8 Å². The number of hydrogen-bond acceptors (Lipinski definition) is 4. The molecule has 4 amide bonds. The summed E-state index contributed by atoms with van der Waals surface area (Å²) in [5, 5.41) is 14.8. The van der Waals surface area contributed by atoms with Gasteiger partial charge in [-0.25, -0.2) is 4.79 Å². The van der Waals surface area contributed by atoms with Crippen molar-refractivity contribution in [3.8, 4) is 6.07 Å². The first-order chi connectivity index (χ1) is 13.2. The lowest BCUT2D eigenvalue weighted by Crippen LogP contribution is -2.50. The first-order valence-electron chi connectivity index (χ1n) is 9.67. The lowest BCUT2D eigenvalue weighted by molar-refractivity contribution is -0.135. The molecule has 1 heterocycles. The van der Waals surface area contributed by atoms with E-state index in [0.717, 1.165) is 23.3 Å². The number of nitriles is 1. The molecule has 1 atom stereocenters. The highest BCUT2D eigenvalue weighted by atomic mass is 16.2. The Morgan fingerprint density at radius 2 is 1.86 bits per heavy atom. The Morgan fingerprint density at radius 3 is 2.39 bits per heavy atom. The van der Waals surface area contributed by atoms with Crippen LogP contribution in [0.1, 0.15) is 63.5 Å². The van der Waals surface area contributed by atoms with E-state index in [1.807, 2.05) is 24.3 Å². The first-order valence-corrected chi connectivity index (χ1v) is 9.67. The number of carbonyl (C=O) groups excluding carboxylic acids is 3. The van der Waals surface area contributed by atoms with Crippen LogP contribution in [-0.2, 0) is 15.1 Å². The molecule has 0 aromatic heterocycles. The molecule has 0 spiro atoms. The van der Waals surface area contributed by atoms with Gasteiger partial charge >= 0.3 is 6.03 Å². The van der Waals surface area contributed by atoms with Crippen LogP contribution in [0.5, 0.6) is 0 Å². The molecule has 148 valence electrons. The van der Waals surface area contributed by atoms with Crippen molar-refractivity contribution in [2.75, 3.05) is 6.54 Å². The summed E-state index contributed by atoms with van der Waals surface area (Å²) in [5.74, 6) is -0.604. The zero-order valence-corrected chi connectivity index (χ0v) is 16.5. The molecule has 0 radical (unpaired) electrons. The number of urea groups is 1. The second-order valence-electron chi connectivity index (χ2n) is 8.17. The third-order valence-corrected chi connectivity index (χ3v) is 5.78. The highest BCUT2D eigenvalue weighted by Crippen LogP contribution is 2.31. The highest BCUT2D eigenvalue weighted by Gasteiger charge is 2.50. The zero-order chi connectivity index (χ0) is 20.5. The average Bonchev–Trinajstić information content (AvgIpc) is 3.21. The van der Waals surface area contributed by atoms with Crippen LogP contribution in [0.15, 0.2) is 24.3 Å². The monoisotopic (exact) mass is 382 g/mol. The summed E-state index contributed by atoms with van der Waals surface area (Å²) in [6, 6.07) is 9.12. The predicted molar refractivity (Wildman–Crippen MR) is 103 cm³/mol. The molecule has 2 fully saturated rings. The molecule has 0 bridgehead atoms. The fourth-order valence-electron chi connectivity index (χ4n) is 3.93. The number of hydrogen-bond donors (Lipinski definition) is 2. The third-order valence-electron chi connectivity index (χ3n) is 5.78. The van der Waals surface area contributed by atoms with Gasteiger partial charge in [0.25, 0.3) is 5.91 Å². The fourth-order valence-corrected chi connectivity index (χ4v) is 3.93. The van der Waals surface area contributed by atoms with E-state index in [1.165, 1.54) is 0 Å². The molecule has 0 unspecified atom stereocenters. The Bertz CT molecular complexity index is 834. The van der Waals surface area contributed by atoms with Gasteiger partial charge in [-0.3, -0.25) is 14.5 Å². The molecule has 2 N–H and O–H groups in total. The maximum Gasteiger partial charge on any atom is 0.325 e. The van der Waals surface area contributed by atoms with Crippen LogP contribution in [-0.4, -0.2) is 34.8 Å². The van der Waals surface area contributed by atoms with Gasteiger partial charge in [-0.2, -0.15) is 5.26 Å². The van der Waals surface area contributed by atoms with Crippen molar-refractivity contribution in [3.05, 3.63) is 35.4 Å². The number of nitrogens with one attached hydrogen (secondary N) is 2. The molecular weight excluding hydrogens is 356 g/mol. The Balaban J connectivity index is 1.74.